The van der Waals surface area contributed by atoms with Crippen LogP contribution in [0.3, 0.4) is 0 Å². The van der Waals surface area contributed by atoms with Gasteiger partial charge in [-0.3, -0.25) is 10.1 Å². The van der Waals surface area contributed by atoms with Gasteiger partial charge < -0.3 is 4.42 Å². The number of thiazole rings is 1. The van der Waals surface area contributed by atoms with Crippen LogP contribution >= 0.6 is 11.3 Å². The molecule has 156 valence electrons. The minimum atomic E-state index is -0.426. The van der Waals surface area contributed by atoms with Gasteiger partial charge in [0.15, 0.2) is 5.76 Å². The Morgan fingerprint density at radius 2 is 1.78 bits per heavy atom. The van der Waals surface area contributed by atoms with E-state index in [1.807, 2.05) is 66.0 Å². The molecule has 5 rings (SSSR count). The number of nitro benzene ring substituents is 1. The van der Waals surface area contributed by atoms with Crippen LogP contribution in [0.25, 0.3) is 22.4 Å². The highest BCUT2D eigenvalue weighted by Gasteiger charge is 2.13. The number of non-ortho nitro benzene ring substituents is 1. The molecule has 0 aliphatic heterocycles. The zero-order chi connectivity index (χ0) is 21.9. The third-order valence-electron chi connectivity index (χ3n) is 4.75. The Hall–Kier alpha value is -4.30. The molecule has 0 N–H and O–H groups in total. The zero-order valence-electron chi connectivity index (χ0n) is 16.7. The van der Waals surface area contributed by atoms with E-state index in [0.29, 0.717) is 16.1 Å². The lowest BCUT2D eigenvalue weighted by Crippen LogP contribution is -2.11. The Morgan fingerprint density at radius 1 is 0.969 bits per heavy atom. The number of hydrogen-bond acceptors (Lipinski definition) is 6. The molecule has 0 fully saturated rings. The molecule has 0 amide bonds. The van der Waals surface area contributed by atoms with Gasteiger partial charge in [-0.15, -0.1) is 11.3 Å². The number of nitro groups is 1. The first-order valence-electron chi connectivity index (χ1n) is 9.75. The molecule has 0 aliphatic carbocycles. The van der Waals surface area contributed by atoms with Crippen molar-refractivity contribution < 1.29 is 9.34 Å². The smallest absolute Gasteiger partial charge is 0.270 e. The molecule has 0 radical (unpaired) electrons. The second-order valence-corrected chi connectivity index (χ2v) is 7.74. The van der Waals surface area contributed by atoms with E-state index in [9.17, 15) is 10.1 Å². The lowest BCUT2D eigenvalue weighted by atomic mass is 10.2. The summed E-state index contributed by atoms with van der Waals surface area (Å²) in [7, 11) is 0. The summed E-state index contributed by atoms with van der Waals surface area (Å²) >= 11 is 1.43. The van der Waals surface area contributed by atoms with Crippen molar-refractivity contribution >= 4 is 39.9 Å². The molecule has 32 heavy (non-hydrogen) atoms. The molecule has 7 nitrogen and oxygen atoms in total. The van der Waals surface area contributed by atoms with Crippen LogP contribution in [0.4, 0.5) is 11.4 Å². The van der Waals surface area contributed by atoms with Crippen LogP contribution in [0.15, 0.2) is 105 Å². The van der Waals surface area contributed by atoms with E-state index in [0.717, 1.165) is 22.4 Å². The first-order valence-corrected chi connectivity index (χ1v) is 10.6. The van der Waals surface area contributed by atoms with E-state index in [1.165, 1.54) is 23.5 Å². The summed E-state index contributed by atoms with van der Waals surface area (Å²) < 4.78 is 7.73. The Balaban J connectivity index is 1.64. The van der Waals surface area contributed by atoms with Gasteiger partial charge in [0.05, 0.1) is 16.8 Å². The molecule has 2 aromatic heterocycles. The number of hydrogen-bond donors (Lipinski definition) is 0. The lowest BCUT2D eigenvalue weighted by Gasteiger charge is -2.01. The zero-order valence-corrected chi connectivity index (χ0v) is 17.5. The van der Waals surface area contributed by atoms with Crippen molar-refractivity contribution in [3.63, 3.8) is 0 Å². The molecule has 0 aliphatic rings. The van der Waals surface area contributed by atoms with Gasteiger partial charge in [0.2, 0.25) is 4.80 Å². The van der Waals surface area contributed by atoms with Gasteiger partial charge >= 0.3 is 0 Å². The molecule has 3 aromatic carbocycles. The molecule has 0 bridgehead atoms. The van der Waals surface area contributed by atoms with Gasteiger partial charge in [0.1, 0.15) is 11.3 Å². The van der Waals surface area contributed by atoms with E-state index in [1.54, 1.807) is 23.0 Å². The Bertz CT molecular complexity index is 1480. The molecular formula is C24H16N4O3S. The predicted molar refractivity (Wildman–Crippen MR) is 125 cm³/mol. The highest BCUT2D eigenvalue weighted by molar-refractivity contribution is 7.07. The standard InChI is InChI=1S/C24H16N4O3S/c29-28(30)20-11-6-7-17(13-20)15-25-27-21(23-14-18-8-4-5-12-22(18)31-23)16-32-24(27)26-19-9-2-1-3-10-19/h1-16H. The minimum absolute atomic E-state index is 0.0102. The maximum Gasteiger partial charge on any atom is 0.270 e. The second kappa shape index (κ2) is 8.44. The van der Waals surface area contributed by atoms with Crippen molar-refractivity contribution in [1.82, 2.24) is 4.68 Å². The van der Waals surface area contributed by atoms with Gasteiger partial charge in [-0.2, -0.15) is 5.10 Å². The van der Waals surface area contributed by atoms with Crippen LogP contribution in [-0.2, 0) is 0 Å². The predicted octanol–water partition coefficient (Wildman–Crippen LogP) is 5.99. The van der Waals surface area contributed by atoms with Gasteiger partial charge in [0, 0.05) is 28.5 Å². The maximum atomic E-state index is 11.1. The molecule has 2 heterocycles. The van der Waals surface area contributed by atoms with E-state index in [-0.39, 0.29) is 5.69 Å². The molecule has 8 heteroatoms. The number of para-hydroxylation sites is 2. The van der Waals surface area contributed by atoms with Crippen molar-refractivity contribution in [3.8, 4) is 11.5 Å². The van der Waals surface area contributed by atoms with Crippen molar-refractivity contribution in [2.45, 2.75) is 0 Å². The fourth-order valence-electron chi connectivity index (χ4n) is 3.22. The summed E-state index contributed by atoms with van der Waals surface area (Å²) in [5.41, 5.74) is 2.94. The number of furan rings is 1. The molecule has 5 aromatic rings. The third-order valence-corrected chi connectivity index (χ3v) is 5.56. The molecule has 0 unspecified atom stereocenters. The minimum Gasteiger partial charge on any atom is -0.454 e. The van der Waals surface area contributed by atoms with Crippen LogP contribution in [-0.4, -0.2) is 15.8 Å². The molecule has 0 spiro atoms. The van der Waals surface area contributed by atoms with Crippen molar-refractivity contribution in [1.29, 1.82) is 0 Å². The number of nitrogens with zero attached hydrogens (tertiary/aromatic N) is 4. The quantitative estimate of drug-likeness (QED) is 0.191. The Morgan fingerprint density at radius 3 is 2.59 bits per heavy atom. The Kier molecular flexibility index (Phi) is 5.19. The topological polar surface area (TPSA) is 85.9 Å². The molecular weight excluding hydrogens is 424 g/mol. The molecule has 0 atom stereocenters. The van der Waals surface area contributed by atoms with E-state index in [2.05, 4.69) is 5.10 Å². The van der Waals surface area contributed by atoms with E-state index < -0.39 is 4.92 Å². The first-order chi connectivity index (χ1) is 15.7. The summed E-state index contributed by atoms with van der Waals surface area (Å²) in [4.78, 5) is 16.0. The van der Waals surface area contributed by atoms with Gasteiger partial charge in [-0.05, 0) is 24.3 Å². The monoisotopic (exact) mass is 440 g/mol. The summed E-state index contributed by atoms with van der Waals surface area (Å²) in [5.74, 6) is 0.660. The van der Waals surface area contributed by atoms with E-state index >= 15 is 0 Å². The number of benzene rings is 3. The van der Waals surface area contributed by atoms with Crippen molar-refractivity contribution in [2.24, 2.45) is 10.1 Å². The Labute approximate surface area is 186 Å². The fraction of sp³-hybridized carbons (Fsp3) is 0. The van der Waals surface area contributed by atoms with Gasteiger partial charge in [0.25, 0.3) is 5.69 Å². The highest BCUT2D eigenvalue weighted by atomic mass is 32.1. The first kappa shape index (κ1) is 19.7. The number of rotatable bonds is 5. The van der Waals surface area contributed by atoms with Crippen LogP contribution in [0.5, 0.6) is 0 Å². The average molecular weight is 440 g/mol. The highest BCUT2D eigenvalue weighted by Crippen LogP contribution is 2.28. The van der Waals surface area contributed by atoms with Crippen molar-refractivity contribution in [2.75, 3.05) is 0 Å². The fourth-order valence-corrected chi connectivity index (χ4v) is 4.06. The van der Waals surface area contributed by atoms with E-state index in [4.69, 9.17) is 9.41 Å². The third kappa shape index (κ3) is 3.99. The molecule has 0 saturated carbocycles. The molecule has 0 saturated heterocycles. The summed E-state index contributed by atoms with van der Waals surface area (Å²) in [6, 6.07) is 25.7. The SMILES string of the molecule is O=[N+]([O-])c1cccc(C=Nn2c(-c3cc4ccccc4o3)csc2=Nc2ccccc2)c1. The van der Waals surface area contributed by atoms with Crippen molar-refractivity contribution in [3.05, 3.63) is 111 Å². The summed E-state index contributed by atoms with van der Waals surface area (Å²) in [6.07, 6.45) is 1.58. The normalized spacial score (nSPS) is 12.1. The lowest BCUT2D eigenvalue weighted by molar-refractivity contribution is -0.384. The average Bonchev–Trinajstić information content (AvgIpc) is 3.42. The summed E-state index contributed by atoms with van der Waals surface area (Å²) in [5, 5.41) is 18.6. The maximum absolute atomic E-state index is 11.1. The van der Waals surface area contributed by atoms with Crippen LogP contribution < -0.4 is 4.80 Å². The number of aromatic nitrogens is 1. The largest absolute Gasteiger partial charge is 0.454 e. The van der Waals surface area contributed by atoms with Gasteiger partial charge in [-0.1, -0.05) is 48.5 Å². The number of fused-ring (bicyclic) bond motifs is 1. The summed E-state index contributed by atoms with van der Waals surface area (Å²) in [6.45, 7) is 0. The van der Waals surface area contributed by atoms with Crippen LogP contribution in [0.2, 0.25) is 0 Å². The van der Waals surface area contributed by atoms with Gasteiger partial charge in [-0.25, -0.2) is 9.67 Å². The van der Waals surface area contributed by atoms with Crippen LogP contribution in [0.1, 0.15) is 5.56 Å². The second-order valence-electron chi connectivity index (χ2n) is 6.91. The van der Waals surface area contributed by atoms with Crippen LogP contribution in [0, 0.1) is 10.1 Å².